The van der Waals surface area contributed by atoms with Crippen LogP contribution in [-0.4, -0.2) is 35.1 Å². The van der Waals surface area contributed by atoms with Crippen LogP contribution in [0.3, 0.4) is 0 Å². The number of nitrogens with zero attached hydrogens (tertiary/aromatic N) is 1. The minimum atomic E-state index is -0.833. The number of urea groups is 1. The van der Waals surface area contributed by atoms with Crippen molar-refractivity contribution in [3.63, 3.8) is 0 Å². The predicted octanol–water partition coefficient (Wildman–Crippen LogP) is 6.08. The third-order valence-electron chi connectivity index (χ3n) is 6.67. The maximum atomic E-state index is 14.0. The fourth-order valence-corrected chi connectivity index (χ4v) is 6.09. The second-order valence-corrected chi connectivity index (χ2v) is 12.0. The molecule has 10 heteroatoms. The molecule has 8 nitrogen and oxygen atoms in total. The summed E-state index contributed by atoms with van der Waals surface area (Å²) in [6.07, 6.45) is 0.629. The van der Waals surface area contributed by atoms with Crippen LogP contribution in [0.25, 0.3) is 0 Å². The van der Waals surface area contributed by atoms with Crippen molar-refractivity contribution >= 4 is 40.7 Å². The molecule has 1 unspecified atom stereocenters. The van der Waals surface area contributed by atoms with E-state index in [0.717, 1.165) is 20.9 Å². The molecule has 0 saturated carbocycles. The van der Waals surface area contributed by atoms with E-state index >= 15 is 0 Å². The van der Waals surface area contributed by atoms with E-state index in [1.807, 2.05) is 95.7 Å². The maximum absolute atomic E-state index is 14.0. The predicted molar refractivity (Wildman–Crippen MR) is 167 cm³/mol. The zero-order valence-corrected chi connectivity index (χ0v) is 24.9. The first-order valence-corrected chi connectivity index (χ1v) is 15.6. The number of ether oxygens (including phenoxy) is 1. The minimum Gasteiger partial charge on any atom is -0.446 e. The van der Waals surface area contributed by atoms with E-state index < -0.39 is 24.3 Å². The highest BCUT2D eigenvalue weighted by molar-refractivity contribution is 7.10. The molecule has 4 aromatic rings. The number of primary amides is 1. The third kappa shape index (κ3) is 10.4. The molecule has 0 saturated heterocycles. The van der Waals surface area contributed by atoms with E-state index in [1.165, 1.54) is 0 Å². The van der Waals surface area contributed by atoms with Crippen molar-refractivity contribution in [2.24, 2.45) is 5.73 Å². The molecule has 0 aliphatic carbocycles. The Morgan fingerprint density at radius 1 is 0.786 bits per heavy atom. The lowest BCUT2D eigenvalue weighted by atomic mass is 10.0. The van der Waals surface area contributed by atoms with Crippen LogP contribution in [0.2, 0.25) is 0 Å². The van der Waals surface area contributed by atoms with Crippen molar-refractivity contribution in [3.05, 3.63) is 117 Å². The summed E-state index contributed by atoms with van der Waals surface area (Å²) in [5.41, 5.74) is 7.34. The lowest BCUT2D eigenvalue weighted by Gasteiger charge is -2.28. The summed E-state index contributed by atoms with van der Waals surface area (Å²) < 4.78 is 5.40. The zero-order chi connectivity index (χ0) is 29.6. The first kappa shape index (κ1) is 30.8. The van der Waals surface area contributed by atoms with E-state index in [9.17, 15) is 14.4 Å². The number of rotatable bonds is 15. The van der Waals surface area contributed by atoms with Crippen LogP contribution < -0.4 is 16.4 Å². The topological polar surface area (TPSA) is 114 Å². The van der Waals surface area contributed by atoms with Crippen molar-refractivity contribution in [3.8, 4) is 0 Å². The highest BCUT2D eigenvalue weighted by atomic mass is 32.1. The highest BCUT2D eigenvalue weighted by Crippen LogP contribution is 2.20. The van der Waals surface area contributed by atoms with Crippen LogP contribution >= 0.6 is 22.7 Å². The van der Waals surface area contributed by atoms with Crippen LogP contribution in [0, 0.1) is 0 Å². The summed E-state index contributed by atoms with van der Waals surface area (Å²) >= 11 is 3.18. The van der Waals surface area contributed by atoms with Gasteiger partial charge in [-0.1, -0.05) is 72.8 Å². The van der Waals surface area contributed by atoms with E-state index in [-0.39, 0.29) is 5.91 Å². The number of thiophene rings is 2. The summed E-state index contributed by atoms with van der Waals surface area (Å²) in [7, 11) is 0. The molecule has 0 radical (unpaired) electrons. The minimum absolute atomic E-state index is 0.165. The molecule has 0 bridgehead atoms. The second-order valence-electron chi connectivity index (χ2n) is 9.90. The molecule has 2 heterocycles. The standard InChI is InChI=1S/C32H36N4O4S2/c33-31(38)40-26(20-24-10-3-1-4-11-24)14-7-17-29(35-32(39)34-21-25-12-5-2-6-13-25)30(37)36(22-27-15-8-18-41-27)23-28-16-9-19-42-28/h1-6,8-13,15-16,18-19,26,29H,7,14,17,20-23H2,(H2,33,38)(H2,34,35,39)/t26?,29-/m0/s1. The molecule has 4 rings (SSSR count). The number of hydrogen-bond acceptors (Lipinski definition) is 6. The van der Waals surface area contributed by atoms with Crippen molar-refractivity contribution < 1.29 is 19.1 Å². The molecule has 2 atom stereocenters. The van der Waals surface area contributed by atoms with Gasteiger partial charge in [-0.15, -0.1) is 22.7 Å². The van der Waals surface area contributed by atoms with Crippen molar-refractivity contribution in [1.29, 1.82) is 0 Å². The molecule has 0 aliphatic heterocycles. The lowest BCUT2D eigenvalue weighted by Crippen LogP contribution is -2.50. The molecule has 2 aromatic carbocycles. The highest BCUT2D eigenvalue weighted by Gasteiger charge is 2.27. The van der Waals surface area contributed by atoms with E-state index in [2.05, 4.69) is 10.6 Å². The third-order valence-corrected chi connectivity index (χ3v) is 8.39. The van der Waals surface area contributed by atoms with Crippen LogP contribution in [0.4, 0.5) is 9.59 Å². The Labute approximate surface area is 254 Å². The number of nitrogens with two attached hydrogens (primary N) is 1. The number of amides is 4. The van der Waals surface area contributed by atoms with Gasteiger partial charge in [-0.25, -0.2) is 9.59 Å². The fourth-order valence-electron chi connectivity index (χ4n) is 4.65. The van der Waals surface area contributed by atoms with E-state index in [0.29, 0.717) is 45.3 Å². The van der Waals surface area contributed by atoms with E-state index in [4.69, 9.17) is 10.5 Å². The average molecular weight is 605 g/mol. The van der Waals surface area contributed by atoms with Crippen molar-refractivity contribution in [2.45, 2.75) is 57.5 Å². The van der Waals surface area contributed by atoms with Crippen LogP contribution in [-0.2, 0) is 35.6 Å². The molecule has 42 heavy (non-hydrogen) atoms. The summed E-state index contributed by atoms with van der Waals surface area (Å²) in [5, 5.41) is 9.77. The molecule has 0 spiro atoms. The zero-order valence-electron chi connectivity index (χ0n) is 23.3. The fraction of sp³-hybridized carbons (Fsp3) is 0.281. The van der Waals surface area contributed by atoms with Gasteiger partial charge in [0.15, 0.2) is 0 Å². The average Bonchev–Trinajstić information content (AvgIpc) is 3.70. The summed E-state index contributed by atoms with van der Waals surface area (Å²) in [6.45, 7) is 1.23. The lowest BCUT2D eigenvalue weighted by molar-refractivity contribution is -0.134. The largest absolute Gasteiger partial charge is 0.446 e. The van der Waals surface area contributed by atoms with Crippen LogP contribution in [0.1, 0.15) is 40.1 Å². The summed E-state index contributed by atoms with van der Waals surface area (Å²) in [5.74, 6) is -0.165. The number of nitrogens with one attached hydrogen (secondary N) is 2. The molecule has 0 fully saturated rings. The second kappa shape index (κ2) is 16.3. The number of carbonyl (C=O) groups excluding carboxylic acids is 3. The number of benzene rings is 2. The van der Waals surface area contributed by atoms with Crippen LogP contribution in [0.15, 0.2) is 95.7 Å². The van der Waals surface area contributed by atoms with Gasteiger partial charge in [0.1, 0.15) is 12.1 Å². The Kier molecular flexibility index (Phi) is 12.0. The van der Waals surface area contributed by atoms with Gasteiger partial charge in [-0.3, -0.25) is 4.79 Å². The van der Waals surface area contributed by atoms with Gasteiger partial charge in [-0.05, 0) is 53.3 Å². The van der Waals surface area contributed by atoms with Crippen LogP contribution in [0.5, 0.6) is 0 Å². The Balaban J connectivity index is 1.46. The SMILES string of the molecule is NC(=O)OC(CCC[C@H](NC(=O)NCc1ccccc1)C(=O)N(Cc1cccs1)Cc1cccs1)Cc1ccccc1. The Morgan fingerprint density at radius 3 is 1.93 bits per heavy atom. The van der Waals surface area contributed by atoms with Gasteiger partial charge in [0.05, 0.1) is 13.1 Å². The van der Waals surface area contributed by atoms with Gasteiger partial charge in [-0.2, -0.15) is 0 Å². The molecular formula is C32H36N4O4S2. The van der Waals surface area contributed by atoms with Gasteiger partial charge in [0, 0.05) is 22.7 Å². The first-order valence-electron chi connectivity index (χ1n) is 13.9. The van der Waals surface area contributed by atoms with Crippen molar-refractivity contribution in [1.82, 2.24) is 15.5 Å². The summed E-state index contributed by atoms with van der Waals surface area (Å²) in [4.78, 5) is 42.6. The molecular weight excluding hydrogens is 569 g/mol. The Bertz CT molecular complexity index is 1330. The Hall–Kier alpha value is -4.15. The molecule has 4 N–H and O–H groups in total. The molecule has 4 amide bonds. The molecule has 2 aromatic heterocycles. The Morgan fingerprint density at radius 2 is 1.38 bits per heavy atom. The monoisotopic (exact) mass is 604 g/mol. The van der Waals surface area contributed by atoms with Crippen molar-refractivity contribution in [2.75, 3.05) is 0 Å². The molecule has 0 aliphatic rings. The van der Waals surface area contributed by atoms with Gasteiger partial charge < -0.3 is 26.0 Å². The number of carbonyl (C=O) groups is 3. The van der Waals surface area contributed by atoms with Gasteiger partial charge in [0.2, 0.25) is 5.91 Å². The first-order chi connectivity index (χ1) is 20.5. The number of hydrogen-bond donors (Lipinski definition) is 3. The van der Waals surface area contributed by atoms with Gasteiger partial charge in [0.25, 0.3) is 0 Å². The molecule has 220 valence electrons. The smallest absolute Gasteiger partial charge is 0.404 e. The quantitative estimate of drug-likeness (QED) is 0.153. The van der Waals surface area contributed by atoms with Gasteiger partial charge >= 0.3 is 12.1 Å². The normalized spacial score (nSPS) is 12.2. The summed E-state index contributed by atoms with van der Waals surface area (Å²) in [6, 6.07) is 26.1. The maximum Gasteiger partial charge on any atom is 0.404 e. The van der Waals surface area contributed by atoms with E-state index in [1.54, 1.807) is 27.6 Å².